The third-order valence-electron chi connectivity index (χ3n) is 2.53. The molecule has 0 aliphatic carbocycles. The summed E-state index contributed by atoms with van der Waals surface area (Å²) in [6.07, 6.45) is 3.84. The van der Waals surface area contributed by atoms with Crippen molar-refractivity contribution in [2.75, 3.05) is 0 Å². The third kappa shape index (κ3) is 2.85. The molecule has 1 aliphatic heterocycles. The Morgan fingerprint density at radius 2 is 1.89 bits per heavy atom. The number of carbonyl (C=O) groups is 1. The second kappa shape index (κ2) is 5.73. The van der Waals surface area contributed by atoms with E-state index in [9.17, 15) is 13.2 Å². The van der Waals surface area contributed by atoms with E-state index in [1.807, 2.05) is 29.0 Å². The zero-order valence-corrected chi connectivity index (χ0v) is 11.8. The van der Waals surface area contributed by atoms with Gasteiger partial charge in [-0.2, -0.15) is 10.9 Å². The summed E-state index contributed by atoms with van der Waals surface area (Å²) in [6.45, 7) is 0. The Labute approximate surface area is 114 Å². The van der Waals surface area contributed by atoms with Crippen molar-refractivity contribution >= 4 is 38.4 Å². The Kier molecular flexibility index (Phi) is 4.27. The largest absolute Gasteiger partial charge is 0.276 e. The SMILES string of the molecule is O=C(Cl)c1cccc([SH]2C=CC=C2)c1C[SH](=O)=O. The number of hydrogen-bond donors (Lipinski definition) is 2. The Bertz CT molecular complexity index is 598. The van der Waals surface area contributed by atoms with E-state index in [0.29, 0.717) is 5.56 Å². The van der Waals surface area contributed by atoms with Gasteiger partial charge in [0.05, 0.1) is 5.75 Å². The van der Waals surface area contributed by atoms with Crippen LogP contribution in [0.5, 0.6) is 0 Å². The van der Waals surface area contributed by atoms with Crippen LogP contribution in [0.25, 0.3) is 0 Å². The first kappa shape index (κ1) is 13.4. The molecule has 0 radical (unpaired) electrons. The Hall–Kier alpha value is -1.04. The van der Waals surface area contributed by atoms with Crippen LogP contribution < -0.4 is 0 Å². The predicted molar refractivity (Wildman–Crippen MR) is 76.2 cm³/mol. The number of thiol groups is 2. The van der Waals surface area contributed by atoms with Crippen LogP contribution in [0, 0.1) is 0 Å². The van der Waals surface area contributed by atoms with Gasteiger partial charge in [0.1, 0.15) is 10.7 Å². The smallest absolute Gasteiger partial charge is 0.252 e. The molecule has 2 rings (SSSR count). The average Bonchev–Trinajstić information content (AvgIpc) is 2.81. The first-order valence-electron chi connectivity index (χ1n) is 5.16. The fourth-order valence-corrected chi connectivity index (χ4v) is 4.45. The maximum atomic E-state index is 11.4. The van der Waals surface area contributed by atoms with E-state index in [-0.39, 0.29) is 11.3 Å². The minimum Gasteiger partial charge on any atom is -0.276 e. The maximum absolute atomic E-state index is 11.4. The monoisotopic (exact) mass is 302 g/mol. The summed E-state index contributed by atoms with van der Waals surface area (Å²) in [5.41, 5.74) is 0.806. The summed E-state index contributed by atoms with van der Waals surface area (Å²) >= 11 is 5.51. The van der Waals surface area contributed by atoms with Crippen molar-refractivity contribution in [2.45, 2.75) is 10.6 Å². The average molecular weight is 303 g/mol. The van der Waals surface area contributed by atoms with Gasteiger partial charge in [0.2, 0.25) is 0 Å². The first-order chi connectivity index (χ1) is 8.59. The van der Waals surface area contributed by atoms with Crippen LogP contribution in [0.1, 0.15) is 15.9 Å². The minimum absolute atomic E-state index is 0.153. The summed E-state index contributed by atoms with van der Waals surface area (Å²) in [4.78, 5) is 12.2. The highest BCUT2D eigenvalue weighted by molar-refractivity contribution is 8.22. The van der Waals surface area contributed by atoms with Crippen molar-refractivity contribution in [3.63, 3.8) is 0 Å². The molecule has 1 aliphatic rings. The quantitative estimate of drug-likeness (QED) is 0.664. The molecular formula is C12H11ClO3S2. The van der Waals surface area contributed by atoms with E-state index < -0.39 is 26.8 Å². The standard InChI is InChI=1S/C12H11ClO3S2/c13-12(14)9-4-3-5-11(10(9)8-18(15)16)17-6-1-2-7-17/h1-7,17-18H,8H2. The third-order valence-corrected chi connectivity index (χ3v) is 5.27. The van der Waals surface area contributed by atoms with Crippen LogP contribution >= 0.6 is 22.5 Å². The van der Waals surface area contributed by atoms with Crippen molar-refractivity contribution in [3.8, 4) is 0 Å². The number of rotatable bonds is 4. The zero-order chi connectivity index (χ0) is 13.1. The molecule has 1 aromatic rings. The molecule has 0 atom stereocenters. The molecule has 0 unspecified atom stereocenters. The number of carbonyl (C=O) groups excluding carboxylic acids is 1. The number of allylic oxidation sites excluding steroid dienone is 2. The molecule has 0 saturated heterocycles. The molecule has 0 N–H and O–H groups in total. The molecular weight excluding hydrogens is 292 g/mol. The first-order valence-corrected chi connectivity index (χ1v) is 8.38. The highest BCUT2D eigenvalue weighted by Crippen LogP contribution is 2.44. The van der Waals surface area contributed by atoms with Crippen LogP contribution in [-0.4, -0.2) is 13.7 Å². The van der Waals surface area contributed by atoms with E-state index in [2.05, 4.69) is 0 Å². The molecule has 6 heteroatoms. The Balaban J connectivity index is 2.57. The Morgan fingerprint density at radius 3 is 2.44 bits per heavy atom. The van der Waals surface area contributed by atoms with E-state index in [1.54, 1.807) is 12.1 Å². The molecule has 1 aromatic carbocycles. The van der Waals surface area contributed by atoms with Gasteiger partial charge in [-0.1, -0.05) is 18.2 Å². The zero-order valence-electron chi connectivity index (χ0n) is 9.25. The lowest BCUT2D eigenvalue weighted by molar-refractivity contribution is 0.108. The van der Waals surface area contributed by atoms with Crippen molar-refractivity contribution in [1.29, 1.82) is 0 Å². The van der Waals surface area contributed by atoms with Crippen LogP contribution in [-0.2, 0) is 16.5 Å². The lowest BCUT2D eigenvalue weighted by atomic mass is 10.1. The summed E-state index contributed by atoms with van der Waals surface area (Å²) in [5.74, 6) is -0.153. The van der Waals surface area contributed by atoms with Crippen LogP contribution in [0.2, 0.25) is 0 Å². The summed E-state index contributed by atoms with van der Waals surface area (Å²) in [5, 5.41) is 3.40. The van der Waals surface area contributed by atoms with Crippen molar-refractivity contribution in [2.24, 2.45) is 0 Å². The van der Waals surface area contributed by atoms with Gasteiger partial charge in [0.25, 0.3) is 5.24 Å². The normalized spacial score (nSPS) is 15.6. The molecule has 0 spiro atoms. The molecule has 18 heavy (non-hydrogen) atoms. The fourth-order valence-electron chi connectivity index (χ4n) is 1.79. The lowest BCUT2D eigenvalue weighted by Crippen LogP contribution is -2.01. The molecule has 96 valence electrons. The molecule has 0 bridgehead atoms. The van der Waals surface area contributed by atoms with Crippen LogP contribution in [0.15, 0.2) is 46.1 Å². The van der Waals surface area contributed by atoms with Crippen molar-refractivity contribution in [1.82, 2.24) is 0 Å². The van der Waals surface area contributed by atoms with Gasteiger partial charge in [-0.3, -0.25) is 4.79 Å². The number of halogens is 1. The molecule has 1 heterocycles. The minimum atomic E-state index is -2.60. The molecule has 3 nitrogen and oxygen atoms in total. The highest BCUT2D eigenvalue weighted by atomic mass is 35.5. The van der Waals surface area contributed by atoms with Gasteiger partial charge in [-0.25, -0.2) is 8.42 Å². The molecule has 0 fully saturated rings. The van der Waals surface area contributed by atoms with Crippen molar-refractivity contribution < 1.29 is 13.2 Å². The summed E-state index contributed by atoms with van der Waals surface area (Å²) < 4.78 is 21.9. The van der Waals surface area contributed by atoms with Gasteiger partial charge in [-0.05, 0) is 45.0 Å². The maximum Gasteiger partial charge on any atom is 0.252 e. The van der Waals surface area contributed by atoms with Gasteiger partial charge < -0.3 is 0 Å². The summed E-state index contributed by atoms with van der Waals surface area (Å²) in [6, 6.07) is 5.14. The lowest BCUT2D eigenvalue weighted by Gasteiger charge is -2.16. The molecule has 0 aromatic heterocycles. The number of benzene rings is 1. The van der Waals surface area contributed by atoms with Crippen LogP contribution in [0.3, 0.4) is 0 Å². The highest BCUT2D eigenvalue weighted by Gasteiger charge is 2.16. The van der Waals surface area contributed by atoms with Gasteiger partial charge in [0.15, 0.2) is 0 Å². The molecule has 0 saturated carbocycles. The Morgan fingerprint density at radius 1 is 1.22 bits per heavy atom. The van der Waals surface area contributed by atoms with Gasteiger partial charge in [-0.15, -0.1) is 0 Å². The predicted octanol–water partition coefficient (Wildman–Crippen LogP) is 2.58. The fraction of sp³-hybridized carbons (Fsp3) is 0.0833. The second-order valence-corrected chi connectivity index (χ2v) is 6.88. The summed E-state index contributed by atoms with van der Waals surface area (Å²) in [7, 11) is -3.27. The van der Waals surface area contributed by atoms with Crippen LogP contribution in [0.4, 0.5) is 0 Å². The topological polar surface area (TPSA) is 51.2 Å². The van der Waals surface area contributed by atoms with Crippen molar-refractivity contribution in [3.05, 3.63) is 52.3 Å². The second-order valence-electron chi connectivity index (χ2n) is 3.66. The van der Waals surface area contributed by atoms with E-state index in [4.69, 9.17) is 11.6 Å². The van der Waals surface area contributed by atoms with E-state index >= 15 is 0 Å². The van der Waals surface area contributed by atoms with E-state index in [0.717, 1.165) is 4.90 Å². The van der Waals surface area contributed by atoms with Gasteiger partial charge >= 0.3 is 0 Å². The number of hydrogen-bond acceptors (Lipinski definition) is 3. The van der Waals surface area contributed by atoms with Gasteiger partial charge in [0, 0.05) is 5.56 Å². The molecule has 0 amide bonds. The van der Waals surface area contributed by atoms with E-state index in [1.165, 1.54) is 0 Å².